The molecule has 4 aromatic rings. The number of carbonyl (C=O) groups excluding carboxylic acids is 1. The number of thiazole rings is 1. The monoisotopic (exact) mass is 435 g/mol. The number of hydrogen-bond acceptors (Lipinski definition) is 7. The summed E-state index contributed by atoms with van der Waals surface area (Å²) in [5.74, 6) is 1.22. The fraction of sp³-hybridized carbons (Fsp3) is 0.174. The number of aryl methyl sites for hydroxylation is 2. The number of methoxy groups -OCH3 is 2. The number of anilines is 1. The number of amides is 1. The van der Waals surface area contributed by atoms with E-state index in [9.17, 15) is 4.79 Å². The Bertz CT molecular complexity index is 1250. The van der Waals surface area contributed by atoms with E-state index in [1.807, 2.05) is 24.4 Å². The molecule has 0 unspecified atom stereocenters. The molecule has 0 aliphatic rings. The minimum Gasteiger partial charge on any atom is -0.497 e. The van der Waals surface area contributed by atoms with Crippen LogP contribution in [0.2, 0.25) is 0 Å². The number of benzene rings is 2. The van der Waals surface area contributed by atoms with E-state index < -0.39 is 5.91 Å². The van der Waals surface area contributed by atoms with Crippen molar-refractivity contribution in [2.24, 2.45) is 0 Å². The summed E-state index contributed by atoms with van der Waals surface area (Å²) in [5, 5.41) is 9.10. The van der Waals surface area contributed by atoms with Gasteiger partial charge in [0, 0.05) is 17.0 Å². The Labute approximate surface area is 183 Å². The summed E-state index contributed by atoms with van der Waals surface area (Å²) < 4.78 is 16.0. The van der Waals surface area contributed by atoms with Crippen molar-refractivity contribution in [3.63, 3.8) is 0 Å². The van der Waals surface area contributed by atoms with Crippen LogP contribution in [0.15, 0.2) is 52.4 Å². The van der Waals surface area contributed by atoms with E-state index >= 15 is 0 Å². The fourth-order valence-corrected chi connectivity index (χ4v) is 3.94. The lowest BCUT2D eigenvalue weighted by Gasteiger charge is -2.07. The van der Waals surface area contributed by atoms with Crippen LogP contribution in [0.1, 0.15) is 21.6 Å². The molecular formula is C23H21N3O4S. The summed E-state index contributed by atoms with van der Waals surface area (Å²) in [6.45, 7) is 4.10. The molecule has 8 heteroatoms. The molecule has 0 atom stereocenters. The quantitative estimate of drug-likeness (QED) is 0.439. The van der Waals surface area contributed by atoms with E-state index in [2.05, 4.69) is 28.4 Å². The van der Waals surface area contributed by atoms with Crippen LogP contribution in [0.3, 0.4) is 0 Å². The van der Waals surface area contributed by atoms with Gasteiger partial charge in [-0.3, -0.25) is 10.1 Å². The molecule has 2 aromatic carbocycles. The van der Waals surface area contributed by atoms with Crippen molar-refractivity contribution in [3.8, 4) is 34.1 Å². The standard InChI is InChI=1S/C23H21N3O4S/c1-13-5-7-16(14(2)9-13)19-12-31-23(24-19)25-22(27)18-11-21(30-26-18)17-10-15(28-3)6-8-20(17)29-4/h5-12H,1-4H3,(H,24,25,27). The third kappa shape index (κ3) is 4.29. The fourth-order valence-electron chi connectivity index (χ4n) is 3.23. The summed E-state index contributed by atoms with van der Waals surface area (Å²) in [6.07, 6.45) is 0. The van der Waals surface area contributed by atoms with E-state index in [-0.39, 0.29) is 5.69 Å². The molecule has 0 aliphatic carbocycles. The van der Waals surface area contributed by atoms with Crippen molar-refractivity contribution >= 4 is 22.4 Å². The molecule has 0 saturated carbocycles. The highest BCUT2D eigenvalue weighted by Crippen LogP contribution is 2.34. The zero-order valence-electron chi connectivity index (χ0n) is 17.6. The first-order valence-corrected chi connectivity index (χ1v) is 10.4. The zero-order chi connectivity index (χ0) is 22.0. The Kier molecular flexibility index (Phi) is 5.73. The summed E-state index contributed by atoms with van der Waals surface area (Å²) in [5.41, 5.74) is 4.97. The van der Waals surface area contributed by atoms with E-state index in [0.717, 1.165) is 16.8 Å². The Morgan fingerprint density at radius 1 is 1.03 bits per heavy atom. The number of nitrogens with one attached hydrogen (secondary N) is 1. The first-order valence-electron chi connectivity index (χ1n) is 9.52. The SMILES string of the molecule is COc1ccc(OC)c(-c2cc(C(=O)Nc3nc(-c4ccc(C)cc4C)cs3)no2)c1. The maximum atomic E-state index is 12.7. The Hall–Kier alpha value is -3.65. The van der Waals surface area contributed by atoms with Gasteiger partial charge in [0.05, 0.1) is 25.5 Å². The van der Waals surface area contributed by atoms with Crippen LogP contribution >= 0.6 is 11.3 Å². The van der Waals surface area contributed by atoms with Gasteiger partial charge in [-0.1, -0.05) is 28.9 Å². The highest BCUT2D eigenvalue weighted by molar-refractivity contribution is 7.14. The van der Waals surface area contributed by atoms with Gasteiger partial charge in [0.25, 0.3) is 5.91 Å². The molecule has 0 spiro atoms. The lowest BCUT2D eigenvalue weighted by Crippen LogP contribution is -2.11. The molecule has 0 saturated heterocycles. The van der Waals surface area contributed by atoms with Crippen LogP contribution in [-0.2, 0) is 0 Å². The molecule has 7 nitrogen and oxygen atoms in total. The van der Waals surface area contributed by atoms with E-state index in [4.69, 9.17) is 14.0 Å². The maximum absolute atomic E-state index is 12.7. The van der Waals surface area contributed by atoms with E-state index in [1.54, 1.807) is 38.5 Å². The Balaban J connectivity index is 1.54. The molecule has 2 aromatic heterocycles. The van der Waals surface area contributed by atoms with Crippen LogP contribution in [0.25, 0.3) is 22.6 Å². The van der Waals surface area contributed by atoms with Gasteiger partial charge in [-0.25, -0.2) is 4.98 Å². The molecule has 2 heterocycles. The number of ether oxygens (including phenoxy) is 2. The first-order chi connectivity index (χ1) is 15.0. The van der Waals surface area contributed by atoms with Crippen molar-refractivity contribution in [2.75, 3.05) is 19.5 Å². The highest BCUT2D eigenvalue weighted by Gasteiger charge is 2.18. The van der Waals surface area contributed by atoms with Crippen LogP contribution in [0, 0.1) is 13.8 Å². The first kappa shape index (κ1) is 20.6. The van der Waals surface area contributed by atoms with Gasteiger partial charge in [-0.05, 0) is 37.6 Å². The molecule has 0 bridgehead atoms. The highest BCUT2D eigenvalue weighted by atomic mass is 32.1. The number of rotatable bonds is 6. The maximum Gasteiger partial charge on any atom is 0.279 e. The molecule has 0 fully saturated rings. The topological polar surface area (TPSA) is 86.5 Å². The normalized spacial score (nSPS) is 10.7. The zero-order valence-corrected chi connectivity index (χ0v) is 18.4. The lowest BCUT2D eigenvalue weighted by atomic mass is 10.0. The average molecular weight is 436 g/mol. The van der Waals surface area contributed by atoms with E-state index in [0.29, 0.717) is 28.0 Å². The smallest absolute Gasteiger partial charge is 0.279 e. The molecular weight excluding hydrogens is 414 g/mol. The number of hydrogen-bond donors (Lipinski definition) is 1. The number of nitrogens with zero attached hydrogens (tertiary/aromatic N) is 2. The summed E-state index contributed by atoms with van der Waals surface area (Å²) in [6, 6.07) is 13.1. The Morgan fingerprint density at radius 3 is 2.61 bits per heavy atom. The van der Waals surface area contributed by atoms with Gasteiger partial charge in [-0.2, -0.15) is 0 Å². The predicted octanol–water partition coefficient (Wildman–Crippen LogP) is 5.35. The minimum absolute atomic E-state index is 0.142. The second-order valence-electron chi connectivity index (χ2n) is 6.95. The largest absolute Gasteiger partial charge is 0.497 e. The van der Waals surface area contributed by atoms with Gasteiger partial charge in [0.1, 0.15) is 11.5 Å². The number of aromatic nitrogens is 2. The third-order valence-electron chi connectivity index (χ3n) is 4.80. The van der Waals surface area contributed by atoms with Crippen molar-refractivity contribution in [1.82, 2.24) is 10.1 Å². The van der Waals surface area contributed by atoms with Crippen LogP contribution in [-0.4, -0.2) is 30.3 Å². The third-order valence-corrected chi connectivity index (χ3v) is 5.56. The van der Waals surface area contributed by atoms with Crippen molar-refractivity contribution in [1.29, 1.82) is 0 Å². The molecule has 1 amide bonds. The molecule has 0 radical (unpaired) electrons. The van der Waals surface area contributed by atoms with Crippen molar-refractivity contribution in [3.05, 3.63) is 64.7 Å². The molecule has 31 heavy (non-hydrogen) atoms. The Morgan fingerprint density at radius 2 is 1.87 bits per heavy atom. The average Bonchev–Trinajstić information content (AvgIpc) is 3.43. The predicted molar refractivity (Wildman–Crippen MR) is 120 cm³/mol. The van der Waals surface area contributed by atoms with Crippen LogP contribution < -0.4 is 14.8 Å². The molecule has 158 valence electrons. The summed E-state index contributed by atoms with van der Waals surface area (Å²) in [7, 11) is 3.14. The van der Waals surface area contributed by atoms with Gasteiger partial charge >= 0.3 is 0 Å². The van der Waals surface area contributed by atoms with Gasteiger partial charge in [0.15, 0.2) is 16.6 Å². The second kappa shape index (κ2) is 8.61. The van der Waals surface area contributed by atoms with Crippen molar-refractivity contribution < 1.29 is 18.8 Å². The summed E-state index contributed by atoms with van der Waals surface area (Å²) in [4.78, 5) is 17.2. The lowest BCUT2D eigenvalue weighted by molar-refractivity contribution is 0.101. The van der Waals surface area contributed by atoms with Gasteiger partial charge < -0.3 is 14.0 Å². The molecule has 1 N–H and O–H groups in total. The van der Waals surface area contributed by atoms with Gasteiger partial charge in [-0.15, -0.1) is 11.3 Å². The molecule has 0 aliphatic heterocycles. The van der Waals surface area contributed by atoms with Crippen LogP contribution in [0.5, 0.6) is 11.5 Å². The van der Waals surface area contributed by atoms with Gasteiger partial charge in [0.2, 0.25) is 0 Å². The van der Waals surface area contributed by atoms with Crippen molar-refractivity contribution in [2.45, 2.75) is 13.8 Å². The summed E-state index contributed by atoms with van der Waals surface area (Å²) >= 11 is 1.36. The minimum atomic E-state index is -0.404. The number of carbonyl (C=O) groups is 1. The molecule has 4 rings (SSSR count). The van der Waals surface area contributed by atoms with Crippen LogP contribution in [0.4, 0.5) is 5.13 Å². The second-order valence-corrected chi connectivity index (χ2v) is 7.81. The van der Waals surface area contributed by atoms with E-state index in [1.165, 1.54) is 16.9 Å².